The summed E-state index contributed by atoms with van der Waals surface area (Å²) in [5.74, 6) is -1.63. The predicted octanol–water partition coefficient (Wildman–Crippen LogP) is 4.32. The summed E-state index contributed by atoms with van der Waals surface area (Å²) < 4.78 is 21.1. The molecular formula is C26H26FN3O4. The number of aliphatic hydroxyl groups excluding tert-OH is 1. The molecular weight excluding hydrogens is 437 g/mol. The van der Waals surface area contributed by atoms with E-state index < -0.39 is 23.5 Å². The molecule has 1 atom stereocenters. The Labute approximate surface area is 197 Å². The first kappa shape index (κ1) is 23.2. The molecule has 1 fully saturated rings. The summed E-state index contributed by atoms with van der Waals surface area (Å²) in [6.07, 6.45) is 6.62. The van der Waals surface area contributed by atoms with Crippen LogP contribution >= 0.6 is 0 Å². The number of ketones is 1. The van der Waals surface area contributed by atoms with E-state index in [-0.39, 0.29) is 16.9 Å². The highest BCUT2D eigenvalue weighted by Gasteiger charge is 2.45. The number of halogens is 1. The number of nitrogens with zero attached hydrogens (tertiary/aromatic N) is 3. The number of amides is 1. The third kappa shape index (κ3) is 4.85. The van der Waals surface area contributed by atoms with Crippen molar-refractivity contribution in [2.45, 2.75) is 32.4 Å². The number of carbonyl (C=O) groups excluding carboxylic acids is 2. The first-order valence-corrected chi connectivity index (χ1v) is 11.2. The smallest absolute Gasteiger partial charge is 0.295 e. The molecule has 8 heteroatoms. The van der Waals surface area contributed by atoms with E-state index in [2.05, 4.69) is 4.98 Å². The molecule has 0 spiro atoms. The lowest BCUT2D eigenvalue weighted by Crippen LogP contribution is -2.31. The minimum Gasteiger partial charge on any atom is -0.507 e. The molecule has 0 bridgehead atoms. The van der Waals surface area contributed by atoms with Gasteiger partial charge in [0, 0.05) is 31.0 Å². The molecule has 0 radical (unpaired) electrons. The minimum absolute atomic E-state index is 0.0214. The Bertz CT molecular complexity index is 1190. The van der Waals surface area contributed by atoms with Crippen LogP contribution in [-0.2, 0) is 16.1 Å². The lowest BCUT2D eigenvalue weighted by atomic mass is 9.95. The zero-order chi connectivity index (χ0) is 24.1. The van der Waals surface area contributed by atoms with E-state index in [1.54, 1.807) is 30.7 Å². The van der Waals surface area contributed by atoms with Crippen molar-refractivity contribution in [1.82, 2.24) is 14.5 Å². The van der Waals surface area contributed by atoms with Gasteiger partial charge in [0.25, 0.3) is 11.7 Å². The van der Waals surface area contributed by atoms with Gasteiger partial charge in [-0.25, -0.2) is 9.37 Å². The van der Waals surface area contributed by atoms with Crippen LogP contribution in [0.2, 0.25) is 0 Å². The molecule has 1 saturated heterocycles. The van der Waals surface area contributed by atoms with Gasteiger partial charge in [0.1, 0.15) is 17.3 Å². The molecule has 2 heterocycles. The number of aryl methyl sites for hydroxylation is 1. The molecule has 0 aliphatic carbocycles. The first-order chi connectivity index (χ1) is 16.5. The highest BCUT2D eigenvalue weighted by molar-refractivity contribution is 6.46. The van der Waals surface area contributed by atoms with E-state index >= 15 is 0 Å². The lowest BCUT2D eigenvalue weighted by Gasteiger charge is -2.25. The summed E-state index contributed by atoms with van der Waals surface area (Å²) in [5.41, 5.74) is 0.896. The van der Waals surface area contributed by atoms with Crippen LogP contribution < -0.4 is 4.74 Å². The average molecular weight is 464 g/mol. The number of imidazole rings is 1. The minimum atomic E-state index is -0.794. The maximum absolute atomic E-state index is 13.4. The van der Waals surface area contributed by atoms with Crippen LogP contribution in [-0.4, -0.2) is 44.4 Å². The number of hydrogen-bond acceptors (Lipinski definition) is 5. The van der Waals surface area contributed by atoms with Gasteiger partial charge in [0.05, 0.1) is 24.5 Å². The second-order valence-electron chi connectivity index (χ2n) is 8.07. The van der Waals surface area contributed by atoms with Gasteiger partial charge < -0.3 is 19.3 Å². The van der Waals surface area contributed by atoms with E-state index in [0.717, 1.165) is 6.42 Å². The average Bonchev–Trinajstić information content (AvgIpc) is 3.45. The predicted molar refractivity (Wildman–Crippen MR) is 124 cm³/mol. The Morgan fingerprint density at radius 3 is 2.65 bits per heavy atom. The summed E-state index contributed by atoms with van der Waals surface area (Å²) in [6, 6.07) is 11.6. The lowest BCUT2D eigenvalue weighted by molar-refractivity contribution is -0.139. The quantitative estimate of drug-likeness (QED) is 0.290. The molecule has 0 saturated carbocycles. The van der Waals surface area contributed by atoms with Crippen LogP contribution in [0.15, 0.2) is 72.8 Å². The van der Waals surface area contributed by atoms with Gasteiger partial charge in [-0.1, -0.05) is 19.1 Å². The summed E-state index contributed by atoms with van der Waals surface area (Å²) >= 11 is 0. The second kappa shape index (κ2) is 10.3. The molecule has 1 aliphatic rings. The molecule has 7 nitrogen and oxygen atoms in total. The summed E-state index contributed by atoms with van der Waals surface area (Å²) in [6.45, 7) is 3.45. The van der Waals surface area contributed by atoms with Crippen LogP contribution in [0.5, 0.6) is 5.75 Å². The number of Topliss-reactive ketones (excluding diaryl/α,β-unsaturated/α-hetero) is 1. The van der Waals surface area contributed by atoms with Crippen LogP contribution in [0.4, 0.5) is 4.39 Å². The first-order valence-electron chi connectivity index (χ1n) is 11.2. The van der Waals surface area contributed by atoms with Crippen molar-refractivity contribution < 1.29 is 23.8 Å². The number of carbonyl (C=O) groups is 2. The van der Waals surface area contributed by atoms with Crippen LogP contribution in [0.25, 0.3) is 5.76 Å². The van der Waals surface area contributed by atoms with Gasteiger partial charge in [-0.3, -0.25) is 9.59 Å². The number of ether oxygens (including phenoxy) is 1. The topological polar surface area (TPSA) is 84.7 Å². The molecule has 1 N–H and O–H groups in total. The number of rotatable bonds is 9. The Hall–Kier alpha value is -3.94. The fraction of sp³-hybridized carbons (Fsp3) is 0.269. The van der Waals surface area contributed by atoms with Crippen LogP contribution in [0.3, 0.4) is 0 Å². The SMILES string of the molecule is CCCOc1cccc(C2C(=C(O)c3ccc(F)cc3)C(=O)C(=O)N2CCCn2ccnc2)c1. The van der Waals surface area contributed by atoms with Gasteiger partial charge >= 0.3 is 0 Å². The van der Waals surface area contributed by atoms with E-state index in [1.807, 2.05) is 23.8 Å². The summed E-state index contributed by atoms with van der Waals surface area (Å²) in [4.78, 5) is 31.7. The van der Waals surface area contributed by atoms with Gasteiger partial charge in [0.2, 0.25) is 0 Å². The Balaban J connectivity index is 1.73. The number of aliphatic hydroxyl groups is 1. The van der Waals surface area contributed by atoms with Crippen molar-refractivity contribution in [3.05, 3.63) is 89.8 Å². The van der Waals surface area contributed by atoms with Crippen molar-refractivity contribution in [3.63, 3.8) is 0 Å². The molecule has 1 aromatic heterocycles. The molecule has 1 unspecified atom stereocenters. The maximum Gasteiger partial charge on any atom is 0.295 e. The fourth-order valence-corrected chi connectivity index (χ4v) is 4.06. The van der Waals surface area contributed by atoms with E-state index in [4.69, 9.17) is 4.74 Å². The van der Waals surface area contributed by atoms with Crippen molar-refractivity contribution >= 4 is 17.4 Å². The number of benzene rings is 2. The van der Waals surface area contributed by atoms with Gasteiger partial charge in [-0.2, -0.15) is 0 Å². The summed E-state index contributed by atoms with van der Waals surface area (Å²) in [5, 5.41) is 11.0. The van der Waals surface area contributed by atoms with Gasteiger partial charge in [-0.15, -0.1) is 0 Å². The monoisotopic (exact) mass is 463 g/mol. The van der Waals surface area contributed by atoms with E-state index in [1.165, 1.54) is 29.2 Å². The van der Waals surface area contributed by atoms with E-state index in [9.17, 15) is 19.1 Å². The Morgan fingerprint density at radius 2 is 1.94 bits per heavy atom. The van der Waals surface area contributed by atoms with Crippen molar-refractivity contribution in [2.75, 3.05) is 13.2 Å². The standard InChI is InChI=1S/C26H26FN3O4/c1-2-15-34-21-6-3-5-19(16-21)23-22(24(31)18-7-9-20(27)10-8-18)25(32)26(33)30(23)13-4-12-29-14-11-28-17-29/h3,5-11,14,16-17,23,31H,2,4,12-13,15H2,1H3. The molecule has 176 valence electrons. The van der Waals surface area contributed by atoms with E-state index in [0.29, 0.717) is 37.4 Å². The van der Waals surface area contributed by atoms with Crippen molar-refractivity contribution in [3.8, 4) is 5.75 Å². The molecule has 34 heavy (non-hydrogen) atoms. The molecule has 2 aromatic carbocycles. The van der Waals surface area contributed by atoms with Crippen molar-refractivity contribution in [1.29, 1.82) is 0 Å². The zero-order valence-corrected chi connectivity index (χ0v) is 18.9. The molecule has 1 aliphatic heterocycles. The molecule has 4 rings (SSSR count). The Morgan fingerprint density at radius 1 is 1.15 bits per heavy atom. The highest BCUT2D eigenvalue weighted by Crippen LogP contribution is 2.40. The third-order valence-corrected chi connectivity index (χ3v) is 5.68. The highest BCUT2D eigenvalue weighted by atomic mass is 19.1. The normalized spacial score (nSPS) is 17.4. The van der Waals surface area contributed by atoms with Crippen LogP contribution in [0, 0.1) is 5.82 Å². The third-order valence-electron chi connectivity index (χ3n) is 5.68. The largest absolute Gasteiger partial charge is 0.507 e. The maximum atomic E-state index is 13.4. The molecule has 3 aromatic rings. The number of hydrogen-bond donors (Lipinski definition) is 1. The fourth-order valence-electron chi connectivity index (χ4n) is 4.06. The van der Waals surface area contributed by atoms with Gasteiger partial charge in [0.15, 0.2) is 0 Å². The number of likely N-dealkylation sites (tertiary alicyclic amines) is 1. The second-order valence-corrected chi connectivity index (χ2v) is 8.07. The van der Waals surface area contributed by atoms with Gasteiger partial charge in [-0.05, 0) is 54.8 Å². The number of aromatic nitrogens is 2. The molecule has 1 amide bonds. The van der Waals surface area contributed by atoms with Crippen LogP contribution in [0.1, 0.15) is 36.9 Å². The van der Waals surface area contributed by atoms with Crippen molar-refractivity contribution in [2.24, 2.45) is 0 Å². The summed E-state index contributed by atoms with van der Waals surface area (Å²) in [7, 11) is 0. The Kier molecular flexibility index (Phi) is 7.06. The zero-order valence-electron chi connectivity index (χ0n) is 18.9.